The minimum atomic E-state index is 0.288. The van der Waals surface area contributed by atoms with E-state index in [0.717, 1.165) is 22.4 Å². The van der Waals surface area contributed by atoms with Crippen LogP contribution in [0.5, 0.6) is 11.5 Å². The van der Waals surface area contributed by atoms with Crippen molar-refractivity contribution in [3.63, 3.8) is 0 Å². The van der Waals surface area contributed by atoms with Gasteiger partial charge in [-0.1, -0.05) is 30.3 Å². The topological polar surface area (TPSA) is 29.5 Å². The zero-order chi connectivity index (χ0) is 13.0. The number of allylic oxidation sites excluding steroid dienone is 1. The number of rotatable bonds is 3. The molecular formula is C16H16O2. The van der Waals surface area contributed by atoms with Gasteiger partial charge in [-0.3, -0.25) is 0 Å². The maximum atomic E-state index is 9.25. The standard InChI is InChI=1S/C16H16O2/c1-12(14-5-7-15(17)8-6-14)11-13-3-9-16(18-2)10-4-13/h3-11,17H,1-2H3/b12-11+. The monoisotopic (exact) mass is 240 g/mol. The van der Waals surface area contributed by atoms with Crippen molar-refractivity contribution in [2.75, 3.05) is 7.11 Å². The molecule has 0 saturated carbocycles. The summed E-state index contributed by atoms with van der Waals surface area (Å²) in [6.45, 7) is 2.05. The van der Waals surface area contributed by atoms with Gasteiger partial charge in [-0.15, -0.1) is 0 Å². The summed E-state index contributed by atoms with van der Waals surface area (Å²) in [5.74, 6) is 1.14. The molecule has 92 valence electrons. The molecule has 0 bridgehead atoms. The first kappa shape index (κ1) is 12.2. The Labute approximate surface area is 107 Å². The molecule has 0 saturated heterocycles. The molecule has 2 heteroatoms. The third kappa shape index (κ3) is 2.92. The molecule has 0 radical (unpaired) electrons. The Bertz CT molecular complexity index is 536. The second kappa shape index (κ2) is 5.41. The molecule has 0 atom stereocenters. The van der Waals surface area contributed by atoms with Crippen molar-refractivity contribution in [3.05, 3.63) is 59.7 Å². The van der Waals surface area contributed by atoms with Crippen molar-refractivity contribution < 1.29 is 9.84 Å². The van der Waals surface area contributed by atoms with E-state index in [4.69, 9.17) is 4.74 Å². The first-order chi connectivity index (χ1) is 8.69. The van der Waals surface area contributed by atoms with Crippen LogP contribution in [0.4, 0.5) is 0 Å². The largest absolute Gasteiger partial charge is 0.508 e. The van der Waals surface area contributed by atoms with Gasteiger partial charge in [-0.05, 0) is 47.9 Å². The third-order valence-corrected chi connectivity index (χ3v) is 2.82. The summed E-state index contributed by atoms with van der Waals surface area (Å²) in [4.78, 5) is 0. The van der Waals surface area contributed by atoms with E-state index in [0.29, 0.717) is 0 Å². The molecule has 0 aliphatic heterocycles. The van der Waals surface area contributed by atoms with E-state index in [1.165, 1.54) is 0 Å². The molecule has 18 heavy (non-hydrogen) atoms. The Balaban J connectivity index is 2.23. The first-order valence-electron chi connectivity index (χ1n) is 5.81. The van der Waals surface area contributed by atoms with E-state index in [1.54, 1.807) is 19.2 Å². The van der Waals surface area contributed by atoms with Crippen LogP contribution in [0.25, 0.3) is 11.6 Å². The summed E-state index contributed by atoms with van der Waals surface area (Å²) in [7, 11) is 1.66. The smallest absolute Gasteiger partial charge is 0.118 e. The SMILES string of the molecule is COc1ccc(/C=C(\C)c2ccc(O)cc2)cc1. The van der Waals surface area contributed by atoms with E-state index < -0.39 is 0 Å². The number of phenols is 1. The Morgan fingerprint density at radius 1 is 1.00 bits per heavy atom. The zero-order valence-electron chi connectivity index (χ0n) is 10.6. The molecular weight excluding hydrogens is 224 g/mol. The summed E-state index contributed by atoms with van der Waals surface area (Å²) >= 11 is 0. The van der Waals surface area contributed by atoms with E-state index in [9.17, 15) is 5.11 Å². The van der Waals surface area contributed by atoms with Gasteiger partial charge in [0.15, 0.2) is 0 Å². The average Bonchev–Trinajstić information content (AvgIpc) is 2.40. The second-order valence-corrected chi connectivity index (χ2v) is 4.15. The van der Waals surface area contributed by atoms with Gasteiger partial charge >= 0.3 is 0 Å². The number of phenolic OH excluding ortho intramolecular Hbond substituents is 1. The van der Waals surface area contributed by atoms with Crippen molar-refractivity contribution in [2.24, 2.45) is 0 Å². The second-order valence-electron chi connectivity index (χ2n) is 4.15. The molecule has 0 amide bonds. The molecule has 0 aliphatic carbocycles. The lowest BCUT2D eigenvalue weighted by Gasteiger charge is -2.03. The molecule has 0 heterocycles. The molecule has 0 aromatic heterocycles. The van der Waals surface area contributed by atoms with Crippen LogP contribution in [0.3, 0.4) is 0 Å². The number of aromatic hydroxyl groups is 1. The van der Waals surface area contributed by atoms with Gasteiger partial charge < -0.3 is 9.84 Å². The molecule has 2 nitrogen and oxygen atoms in total. The van der Waals surface area contributed by atoms with Gasteiger partial charge in [0.1, 0.15) is 11.5 Å². The van der Waals surface area contributed by atoms with Gasteiger partial charge in [0.2, 0.25) is 0 Å². The van der Waals surface area contributed by atoms with Gasteiger partial charge in [-0.2, -0.15) is 0 Å². The molecule has 2 rings (SSSR count). The number of hydrogen-bond acceptors (Lipinski definition) is 2. The van der Waals surface area contributed by atoms with Gasteiger partial charge in [0.05, 0.1) is 7.11 Å². The predicted octanol–water partition coefficient (Wildman–Crippen LogP) is 3.96. The highest BCUT2D eigenvalue weighted by Gasteiger charge is 1.97. The summed E-state index contributed by atoms with van der Waals surface area (Å²) in [6.07, 6.45) is 2.10. The molecule has 0 spiro atoms. The fraction of sp³-hybridized carbons (Fsp3) is 0.125. The summed E-state index contributed by atoms with van der Waals surface area (Å²) in [5, 5.41) is 9.25. The van der Waals surface area contributed by atoms with Crippen LogP contribution in [0.1, 0.15) is 18.1 Å². The van der Waals surface area contributed by atoms with Crippen LogP contribution in [-0.4, -0.2) is 12.2 Å². The Morgan fingerprint density at radius 2 is 1.61 bits per heavy atom. The molecule has 0 aliphatic rings. The van der Waals surface area contributed by atoms with Crippen LogP contribution in [-0.2, 0) is 0 Å². The summed E-state index contributed by atoms with van der Waals surface area (Å²) < 4.78 is 5.12. The van der Waals surface area contributed by atoms with Gasteiger partial charge in [0, 0.05) is 0 Å². The Morgan fingerprint density at radius 3 is 2.17 bits per heavy atom. The van der Waals surface area contributed by atoms with Crippen LogP contribution in [0.2, 0.25) is 0 Å². The molecule has 2 aromatic rings. The number of hydrogen-bond donors (Lipinski definition) is 1. The van der Waals surface area contributed by atoms with E-state index in [-0.39, 0.29) is 5.75 Å². The van der Waals surface area contributed by atoms with Crippen molar-refractivity contribution in [2.45, 2.75) is 6.92 Å². The maximum absolute atomic E-state index is 9.25. The van der Waals surface area contributed by atoms with Crippen molar-refractivity contribution in [1.82, 2.24) is 0 Å². The highest BCUT2D eigenvalue weighted by molar-refractivity contribution is 5.80. The van der Waals surface area contributed by atoms with E-state index in [1.807, 2.05) is 36.4 Å². The van der Waals surface area contributed by atoms with E-state index in [2.05, 4.69) is 13.0 Å². The first-order valence-corrected chi connectivity index (χ1v) is 5.81. The minimum absolute atomic E-state index is 0.288. The molecule has 0 fully saturated rings. The fourth-order valence-electron chi connectivity index (χ4n) is 1.76. The Kier molecular flexibility index (Phi) is 3.68. The van der Waals surface area contributed by atoms with Crippen LogP contribution in [0, 0.1) is 0 Å². The lowest BCUT2D eigenvalue weighted by atomic mass is 10.0. The van der Waals surface area contributed by atoms with Crippen LogP contribution < -0.4 is 4.74 Å². The quantitative estimate of drug-likeness (QED) is 0.823. The lowest BCUT2D eigenvalue weighted by Crippen LogP contribution is -1.83. The zero-order valence-corrected chi connectivity index (χ0v) is 10.6. The highest BCUT2D eigenvalue weighted by atomic mass is 16.5. The molecule has 1 N–H and O–H groups in total. The number of methoxy groups -OCH3 is 1. The van der Waals surface area contributed by atoms with Crippen molar-refractivity contribution in [3.8, 4) is 11.5 Å². The average molecular weight is 240 g/mol. The summed E-state index contributed by atoms with van der Waals surface area (Å²) in [6, 6.07) is 15.1. The maximum Gasteiger partial charge on any atom is 0.118 e. The number of ether oxygens (including phenoxy) is 1. The minimum Gasteiger partial charge on any atom is -0.508 e. The van der Waals surface area contributed by atoms with Crippen molar-refractivity contribution >= 4 is 11.6 Å². The lowest BCUT2D eigenvalue weighted by molar-refractivity contribution is 0.415. The van der Waals surface area contributed by atoms with E-state index >= 15 is 0 Å². The van der Waals surface area contributed by atoms with Crippen molar-refractivity contribution in [1.29, 1.82) is 0 Å². The van der Waals surface area contributed by atoms with Crippen LogP contribution in [0.15, 0.2) is 48.5 Å². The normalized spacial score (nSPS) is 11.3. The Hall–Kier alpha value is -2.22. The molecule has 2 aromatic carbocycles. The fourth-order valence-corrected chi connectivity index (χ4v) is 1.76. The highest BCUT2D eigenvalue weighted by Crippen LogP contribution is 2.21. The van der Waals surface area contributed by atoms with Gasteiger partial charge in [0.25, 0.3) is 0 Å². The summed E-state index contributed by atoms with van der Waals surface area (Å²) in [5.41, 5.74) is 3.38. The van der Waals surface area contributed by atoms with Gasteiger partial charge in [-0.25, -0.2) is 0 Å². The van der Waals surface area contributed by atoms with Crippen LogP contribution >= 0.6 is 0 Å². The third-order valence-electron chi connectivity index (χ3n) is 2.82. The number of benzene rings is 2. The predicted molar refractivity (Wildman–Crippen MR) is 74.6 cm³/mol. The molecule has 0 unspecified atom stereocenters.